The van der Waals surface area contributed by atoms with E-state index in [4.69, 9.17) is 0 Å². The topological polar surface area (TPSA) is 9.23 Å². The van der Waals surface area contributed by atoms with Crippen molar-refractivity contribution >= 4 is 10.8 Å². The first-order chi connectivity index (χ1) is 15.5. The van der Waals surface area contributed by atoms with E-state index in [2.05, 4.69) is 35.6 Å². The van der Waals surface area contributed by atoms with Crippen LogP contribution in [0.1, 0.15) is 68.1 Å². The van der Waals surface area contributed by atoms with Crippen LogP contribution in [0, 0.1) is 23.6 Å². The van der Waals surface area contributed by atoms with Crippen LogP contribution < -0.4 is 4.74 Å². The number of alkyl halides is 2. The zero-order valence-corrected chi connectivity index (χ0v) is 18.2. The van der Waals surface area contributed by atoms with E-state index >= 15 is 4.39 Å². The number of halogens is 3. The molecule has 4 rings (SSSR count). The second-order valence-corrected chi connectivity index (χ2v) is 8.57. The quantitative estimate of drug-likeness (QED) is 0.368. The maximum Gasteiger partial charge on any atom is 0.387 e. The Balaban J connectivity index is 1.50. The molecule has 0 amide bonds. The number of ether oxygens (including phenoxy) is 1. The lowest BCUT2D eigenvalue weighted by Gasteiger charge is -2.28. The van der Waals surface area contributed by atoms with Crippen LogP contribution in [-0.2, 0) is 0 Å². The van der Waals surface area contributed by atoms with Crippen molar-refractivity contribution in [2.75, 3.05) is 0 Å². The summed E-state index contributed by atoms with van der Waals surface area (Å²) in [6, 6.07) is 15.7. The molecule has 166 valence electrons. The predicted octanol–water partition coefficient (Wildman–Crippen LogP) is 8.05. The Bertz CT molecular complexity index is 1120. The molecule has 0 unspecified atom stereocenters. The van der Waals surface area contributed by atoms with Gasteiger partial charge in [0.25, 0.3) is 0 Å². The minimum atomic E-state index is -2.87. The van der Waals surface area contributed by atoms with Gasteiger partial charge in [0.1, 0.15) is 11.6 Å². The van der Waals surface area contributed by atoms with Crippen LogP contribution in [0.5, 0.6) is 5.75 Å². The van der Waals surface area contributed by atoms with Crippen LogP contribution in [-0.4, -0.2) is 6.61 Å². The highest BCUT2D eigenvalue weighted by molar-refractivity contribution is 5.85. The molecule has 3 aromatic carbocycles. The van der Waals surface area contributed by atoms with Gasteiger partial charge in [-0.15, -0.1) is 0 Å². The van der Waals surface area contributed by atoms with E-state index in [-0.39, 0.29) is 11.6 Å². The fourth-order valence-corrected chi connectivity index (χ4v) is 4.71. The van der Waals surface area contributed by atoms with Crippen molar-refractivity contribution in [2.24, 2.45) is 5.92 Å². The summed E-state index contributed by atoms with van der Waals surface area (Å²) < 4.78 is 43.9. The second kappa shape index (κ2) is 10.1. The number of hydrogen-bond donors (Lipinski definition) is 0. The fraction of sp³-hybridized carbons (Fsp3) is 0.357. The first kappa shape index (κ1) is 22.3. The molecular formula is C28H27F3O. The molecule has 1 saturated carbocycles. The van der Waals surface area contributed by atoms with Crippen LogP contribution in [0.3, 0.4) is 0 Å². The fourth-order valence-electron chi connectivity index (χ4n) is 4.71. The van der Waals surface area contributed by atoms with Gasteiger partial charge >= 0.3 is 6.61 Å². The lowest BCUT2D eigenvalue weighted by molar-refractivity contribution is -0.0498. The van der Waals surface area contributed by atoms with Crippen molar-refractivity contribution < 1.29 is 17.9 Å². The van der Waals surface area contributed by atoms with Crippen molar-refractivity contribution in [3.63, 3.8) is 0 Å². The van der Waals surface area contributed by atoms with Gasteiger partial charge in [-0.05, 0) is 78.8 Å². The molecule has 0 N–H and O–H groups in total. The van der Waals surface area contributed by atoms with E-state index in [0.717, 1.165) is 11.3 Å². The molecule has 0 atom stereocenters. The number of rotatable bonds is 5. The zero-order chi connectivity index (χ0) is 22.5. The number of fused-ring (bicyclic) bond motifs is 1. The predicted molar refractivity (Wildman–Crippen MR) is 123 cm³/mol. The maximum absolute atomic E-state index is 15.1. The largest absolute Gasteiger partial charge is 0.435 e. The van der Waals surface area contributed by atoms with Gasteiger partial charge in [-0.25, -0.2) is 4.39 Å². The second-order valence-electron chi connectivity index (χ2n) is 8.57. The zero-order valence-electron chi connectivity index (χ0n) is 18.2. The highest BCUT2D eigenvalue weighted by atomic mass is 19.3. The van der Waals surface area contributed by atoms with Crippen molar-refractivity contribution in [3.05, 3.63) is 77.1 Å². The summed E-state index contributed by atoms with van der Waals surface area (Å²) in [5.74, 6) is 6.92. The molecule has 0 aromatic heterocycles. The molecule has 0 aliphatic heterocycles. The monoisotopic (exact) mass is 436 g/mol. The highest BCUT2D eigenvalue weighted by Gasteiger charge is 2.22. The maximum atomic E-state index is 15.1. The molecule has 1 nitrogen and oxygen atoms in total. The number of benzene rings is 3. The Morgan fingerprint density at radius 2 is 1.69 bits per heavy atom. The van der Waals surface area contributed by atoms with Gasteiger partial charge in [0.05, 0.1) is 5.56 Å². The molecule has 4 heteroatoms. The van der Waals surface area contributed by atoms with Crippen molar-refractivity contribution in [1.29, 1.82) is 0 Å². The first-order valence-corrected chi connectivity index (χ1v) is 11.3. The molecular weight excluding hydrogens is 409 g/mol. The highest BCUT2D eigenvalue weighted by Crippen LogP contribution is 2.38. The minimum Gasteiger partial charge on any atom is -0.435 e. The summed E-state index contributed by atoms with van der Waals surface area (Å²) in [5.41, 5.74) is 2.22. The van der Waals surface area contributed by atoms with Crippen LogP contribution in [0.2, 0.25) is 0 Å². The molecule has 32 heavy (non-hydrogen) atoms. The Kier molecular flexibility index (Phi) is 7.05. The van der Waals surface area contributed by atoms with E-state index in [1.807, 2.05) is 12.1 Å². The van der Waals surface area contributed by atoms with Crippen LogP contribution in [0.25, 0.3) is 10.8 Å². The normalized spacial score (nSPS) is 18.4. The van der Waals surface area contributed by atoms with Crippen LogP contribution in [0.15, 0.2) is 54.6 Å². The van der Waals surface area contributed by atoms with Gasteiger partial charge in [-0.2, -0.15) is 8.78 Å². The molecule has 1 fully saturated rings. The van der Waals surface area contributed by atoms with Crippen LogP contribution >= 0.6 is 0 Å². The molecule has 1 aliphatic rings. The van der Waals surface area contributed by atoms with Gasteiger partial charge in [-0.1, -0.05) is 55.9 Å². The van der Waals surface area contributed by atoms with Crippen molar-refractivity contribution in [3.8, 4) is 17.6 Å². The van der Waals surface area contributed by atoms with Crippen LogP contribution in [0.4, 0.5) is 13.2 Å². The standard InChI is InChI=1S/C28H27F3O/c1-2-3-19-4-9-21(10-5-19)23-14-17-26-24(18-23)13-12-22(27(26)29)11-6-20-7-15-25(16-8-20)32-28(30)31/h7-8,12-19,21,28H,2-5,9-10H2,1H3. The van der Waals surface area contributed by atoms with E-state index in [0.29, 0.717) is 22.4 Å². The summed E-state index contributed by atoms with van der Waals surface area (Å²) in [4.78, 5) is 0. The van der Waals surface area contributed by atoms with E-state index in [1.54, 1.807) is 18.2 Å². The molecule has 0 bridgehead atoms. The first-order valence-electron chi connectivity index (χ1n) is 11.3. The van der Waals surface area contributed by atoms with Crippen molar-refractivity contribution in [2.45, 2.75) is 58.0 Å². The Hall–Kier alpha value is -2.93. The summed E-state index contributed by atoms with van der Waals surface area (Å²) in [6.07, 6.45) is 7.58. The van der Waals surface area contributed by atoms with Gasteiger partial charge in [0.15, 0.2) is 0 Å². The summed E-state index contributed by atoms with van der Waals surface area (Å²) in [5, 5.41) is 1.47. The summed E-state index contributed by atoms with van der Waals surface area (Å²) in [6.45, 7) is -0.611. The summed E-state index contributed by atoms with van der Waals surface area (Å²) >= 11 is 0. The Morgan fingerprint density at radius 1 is 0.938 bits per heavy atom. The van der Waals surface area contributed by atoms with Crippen molar-refractivity contribution in [1.82, 2.24) is 0 Å². The molecule has 0 radical (unpaired) electrons. The van der Waals surface area contributed by atoms with E-state index < -0.39 is 6.61 Å². The lowest BCUT2D eigenvalue weighted by Crippen LogP contribution is -2.13. The van der Waals surface area contributed by atoms with E-state index in [9.17, 15) is 8.78 Å². The van der Waals surface area contributed by atoms with E-state index in [1.165, 1.54) is 56.2 Å². The average Bonchev–Trinajstić information content (AvgIpc) is 2.80. The van der Waals surface area contributed by atoms with Gasteiger partial charge < -0.3 is 4.74 Å². The minimum absolute atomic E-state index is 0.0668. The summed E-state index contributed by atoms with van der Waals surface area (Å²) in [7, 11) is 0. The third kappa shape index (κ3) is 5.27. The molecule has 3 aromatic rings. The third-order valence-electron chi connectivity index (χ3n) is 6.41. The average molecular weight is 437 g/mol. The van der Waals surface area contributed by atoms with Gasteiger partial charge in [0.2, 0.25) is 0 Å². The SMILES string of the molecule is CCCC1CCC(c2ccc3c(F)c(C#Cc4ccc(OC(F)F)cc4)ccc3c2)CC1. The molecule has 0 spiro atoms. The molecule has 0 heterocycles. The smallest absolute Gasteiger partial charge is 0.387 e. The third-order valence-corrected chi connectivity index (χ3v) is 6.41. The van der Waals surface area contributed by atoms with Gasteiger partial charge in [0, 0.05) is 10.9 Å². The van der Waals surface area contributed by atoms with Gasteiger partial charge in [-0.3, -0.25) is 0 Å². The Morgan fingerprint density at radius 3 is 2.38 bits per heavy atom. The molecule has 0 saturated heterocycles. The number of hydrogen-bond acceptors (Lipinski definition) is 1. The Labute approximate surface area is 187 Å². The lowest BCUT2D eigenvalue weighted by atomic mass is 9.77. The molecule has 1 aliphatic carbocycles.